The topological polar surface area (TPSA) is 42.0 Å². The molecular weight excluding hydrogens is 379 g/mol. The van der Waals surface area contributed by atoms with Crippen LogP contribution in [-0.4, -0.2) is 10.9 Å². The number of hydrogen-bond acceptors (Lipinski definition) is 2. The number of hydrogen-bond donors (Lipinski definition) is 1. The van der Waals surface area contributed by atoms with E-state index in [0.717, 1.165) is 42.5 Å². The van der Waals surface area contributed by atoms with E-state index >= 15 is 0 Å². The first-order chi connectivity index (χ1) is 13.3. The van der Waals surface area contributed by atoms with Crippen LogP contribution in [0.1, 0.15) is 33.2 Å². The number of nitrogens with one attached hydrogen (secondary N) is 1. The van der Waals surface area contributed by atoms with Gasteiger partial charge in [0, 0.05) is 11.8 Å². The van der Waals surface area contributed by atoms with Crippen LogP contribution in [0.15, 0.2) is 66.9 Å². The molecule has 0 spiro atoms. The Bertz CT molecular complexity index is 986. The Balaban J connectivity index is 1.99. The van der Waals surface area contributed by atoms with E-state index in [1.807, 2.05) is 0 Å². The third-order valence-corrected chi connectivity index (χ3v) is 3.99. The van der Waals surface area contributed by atoms with E-state index in [1.165, 1.54) is 24.4 Å². The number of alkyl halides is 3. The molecule has 0 aliphatic rings. The van der Waals surface area contributed by atoms with Gasteiger partial charge >= 0.3 is 6.18 Å². The van der Waals surface area contributed by atoms with Gasteiger partial charge in [0.2, 0.25) is 0 Å². The van der Waals surface area contributed by atoms with Crippen LogP contribution in [0.2, 0.25) is 0 Å². The third-order valence-electron chi connectivity index (χ3n) is 3.99. The summed E-state index contributed by atoms with van der Waals surface area (Å²) in [5, 5.41) is 2.50. The Morgan fingerprint density at radius 1 is 0.964 bits per heavy atom. The number of nitrogens with zero attached hydrogens (tertiary/aromatic N) is 1. The highest BCUT2D eigenvalue weighted by Crippen LogP contribution is 2.31. The Morgan fingerprint density at radius 3 is 2.29 bits per heavy atom. The van der Waals surface area contributed by atoms with Gasteiger partial charge in [-0.05, 0) is 48.0 Å². The normalized spacial score (nSPS) is 12.5. The number of rotatable bonds is 4. The van der Waals surface area contributed by atoms with E-state index < -0.39 is 35.3 Å². The molecule has 0 saturated heterocycles. The fourth-order valence-electron chi connectivity index (χ4n) is 2.63. The summed E-state index contributed by atoms with van der Waals surface area (Å²) in [6.45, 7) is 0. The van der Waals surface area contributed by atoms with Gasteiger partial charge in [0.05, 0.1) is 11.6 Å². The van der Waals surface area contributed by atoms with Crippen molar-refractivity contribution in [2.75, 3.05) is 0 Å². The molecule has 3 aromatic rings. The molecule has 3 nitrogen and oxygen atoms in total. The summed E-state index contributed by atoms with van der Waals surface area (Å²) in [7, 11) is 0. The maximum atomic E-state index is 14.3. The van der Waals surface area contributed by atoms with Crippen LogP contribution < -0.4 is 5.32 Å². The molecule has 0 fully saturated rings. The molecule has 2 aromatic carbocycles. The van der Waals surface area contributed by atoms with E-state index in [9.17, 15) is 26.7 Å². The van der Waals surface area contributed by atoms with E-state index in [-0.39, 0.29) is 16.8 Å². The van der Waals surface area contributed by atoms with Gasteiger partial charge in [-0.1, -0.05) is 18.2 Å². The Labute approximate surface area is 156 Å². The lowest BCUT2D eigenvalue weighted by Gasteiger charge is -2.20. The maximum Gasteiger partial charge on any atom is 0.416 e. The minimum Gasteiger partial charge on any atom is -0.339 e. The van der Waals surface area contributed by atoms with Crippen molar-refractivity contribution in [3.63, 3.8) is 0 Å². The largest absolute Gasteiger partial charge is 0.416 e. The average molecular weight is 392 g/mol. The molecular formula is C20H13F5N2O. The van der Waals surface area contributed by atoms with Crippen molar-refractivity contribution in [3.8, 4) is 0 Å². The Kier molecular flexibility index (Phi) is 5.39. The highest BCUT2D eigenvalue weighted by molar-refractivity contribution is 5.94. The molecule has 1 heterocycles. The van der Waals surface area contributed by atoms with Crippen LogP contribution in [0.5, 0.6) is 0 Å². The molecule has 1 aromatic heterocycles. The first-order valence-electron chi connectivity index (χ1n) is 8.09. The predicted molar refractivity (Wildman–Crippen MR) is 91.3 cm³/mol. The summed E-state index contributed by atoms with van der Waals surface area (Å²) in [5.41, 5.74) is -0.886. The molecule has 0 unspecified atom stereocenters. The molecule has 144 valence electrons. The van der Waals surface area contributed by atoms with Crippen molar-refractivity contribution in [1.82, 2.24) is 10.3 Å². The van der Waals surface area contributed by atoms with Gasteiger partial charge in [-0.2, -0.15) is 13.2 Å². The van der Waals surface area contributed by atoms with Gasteiger partial charge in [0.1, 0.15) is 17.3 Å². The first kappa shape index (κ1) is 19.5. The molecule has 1 N–H and O–H groups in total. The number of aromatic nitrogens is 1. The molecule has 0 radical (unpaired) electrons. The summed E-state index contributed by atoms with van der Waals surface area (Å²) >= 11 is 0. The fourth-order valence-corrected chi connectivity index (χ4v) is 2.63. The monoisotopic (exact) mass is 392 g/mol. The minimum absolute atomic E-state index is 0.0201. The number of carbonyl (C=O) groups is 1. The third kappa shape index (κ3) is 4.33. The summed E-state index contributed by atoms with van der Waals surface area (Å²) in [6, 6.07) is 10.1. The Hall–Kier alpha value is -3.29. The fraction of sp³-hybridized carbons (Fsp3) is 0.100. The van der Waals surface area contributed by atoms with Gasteiger partial charge in [-0.3, -0.25) is 9.78 Å². The second kappa shape index (κ2) is 7.75. The van der Waals surface area contributed by atoms with Crippen molar-refractivity contribution < 1.29 is 26.7 Å². The highest BCUT2D eigenvalue weighted by Gasteiger charge is 2.31. The zero-order chi connectivity index (χ0) is 20.3. The van der Waals surface area contributed by atoms with Crippen molar-refractivity contribution >= 4 is 5.91 Å². The second-order valence-electron chi connectivity index (χ2n) is 5.91. The molecule has 0 aliphatic heterocycles. The van der Waals surface area contributed by atoms with E-state index in [4.69, 9.17) is 0 Å². The number of benzene rings is 2. The van der Waals surface area contributed by atoms with Crippen LogP contribution in [0, 0.1) is 11.6 Å². The number of amides is 1. The summed E-state index contributed by atoms with van der Waals surface area (Å²) in [4.78, 5) is 16.4. The first-order valence-corrected chi connectivity index (χ1v) is 8.09. The van der Waals surface area contributed by atoms with Gasteiger partial charge in [0.25, 0.3) is 5.91 Å². The zero-order valence-electron chi connectivity index (χ0n) is 14.2. The molecule has 28 heavy (non-hydrogen) atoms. The minimum atomic E-state index is -4.53. The van der Waals surface area contributed by atoms with Crippen LogP contribution in [0.25, 0.3) is 0 Å². The smallest absolute Gasteiger partial charge is 0.339 e. The van der Waals surface area contributed by atoms with Crippen molar-refractivity contribution in [2.45, 2.75) is 12.2 Å². The molecule has 1 amide bonds. The number of pyridine rings is 1. The maximum absolute atomic E-state index is 14.3. The van der Waals surface area contributed by atoms with E-state index in [1.54, 1.807) is 0 Å². The molecule has 8 heteroatoms. The van der Waals surface area contributed by atoms with Crippen molar-refractivity contribution in [2.24, 2.45) is 0 Å². The quantitative estimate of drug-likeness (QED) is 0.642. The van der Waals surface area contributed by atoms with E-state index in [0.29, 0.717) is 0 Å². The highest BCUT2D eigenvalue weighted by atomic mass is 19.4. The van der Waals surface area contributed by atoms with Crippen LogP contribution in [0.4, 0.5) is 22.0 Å². The van der Waals surface area contributed by atoms with Crippen LogP contribution in [0.3, 0.4) is 0 Å². The molecule has 0 aliphatic carbocycles. The van der Waals surface area contributed by atoms with Gasteiger partial charge in [-0.25, -0.2) is 8.78 Å². The Morgan fingerprint density at radius 2 is 1.68 bits per heavy atom. The number of carbonyl (C=O) groups excluding carboxylic acids is 1. The lowest BCUT2D eigenvalue weighted by Crippen LogP contribution is -2.30. The van der Waals surface area contributed by atoms with Crippen LogP contribution >= 0.6 is 0 Å². The summed E-state index contributed by atoms with van der Waals surface area (Å²) in [5.74, 6) is -2.11. The zero-order valence-corrected chi connectivity index (χ0v) is 14.2. The lowest BCUT2D eigenvalue weighted by atomic mass is 10.00. The van der Waals surface area contributed by atoms with Crippen molar-refractivity contribution in [3.05, 3.63) is 101 Å². The second-order valence-corrected chi connectivity index (χ2v) is 5.91. The summed E-state index contributed by atoms with van der Waals surface area (Å²) < 4.78 is 66.0. The SMILES string of the molecule is O=C(N[C@@H](c1ccc(C(F)(F)F)cc1)c1ncccc1F)c1cccc(F)c1. The summed E-state index contributed by atoms with van der Waals surface area (Å²) in [6.07, 6.45) is -3.24. The predicted octanol–water partition coefficient (Wildman–Crippen LogP) is 4.90. The molecule has 0 bridgehead atoms. The molecule has 1 atom stereocenters. The lowest BCUT2D eigenvalue weighted by molar-refractivity contribution is -0.137. The number of halogens is 5. The van der Waals surface area contributed by atoms with Gasteiger partial charge in [-0.15, -0.1) is 0 Å². The van der Waals surface area contributed by atoms with E-state index in [2.05, 4.69) is 10.3 Å². The van der Waals surface area contributed by atoms with Gasteiger partial charge in [0.15, 0.2) is 0 Å². The molecule has 3 rings (SSSR count). The molecule has 0 saturated carbocycles. The van der Waals surface area contributed by atoms with Crippen LogP contribution in [-0.2, 0) is 6.18 Å². The van der Waals surface area contributed by atoms with Gasteiger partial charge < -0.3 is 5.32 Å². The van der Waals surface area contributed by atoms with Crippen molar-refractivity contribution in [1.29, 1.82) is 0 Å². The average Bonchev–Trinajstić information content (AvgIpc) is 2.66. The standard InChI is InChI=1S/C20H13F5N2O/c21-15-4-1-3-13(11-15)19(28)27-17(18-16(22)5-2-10-26-18)12-6-8-14(9-7-12)20(23,24)25/h1-11,17H,(H,27,28)/t17-/m0/s1.